The standard InChI is InChI=1S/C26H19N3O6/c1-16-23(24(29-35-16)18-5-3-2-4-6-18)25(30)28-27-14-17-7-10-20(11-8-17)34-26(31)19-9-12-21-22(13-19)33-15-32-21/h2-14H,15H2,1H3,(H,28,30). The quantitative estimate of drug-likeness (QED) is 0.193. The van der Waals surface area contributed by atoms with Gasteiger partial charge in [-0.15, -0.1) is 0 Å². The highest BCUT2D eigenvalue weighted by Crippen LogP contribution is 2.32. The fourth-order valence-corrected chi connectivity index (χ4v) is 3.47. The second kappa shape index (κ2) is 9.52. The monoisotopic (exact) mass is 469 g/mol. The van der Waals surface area contributed by atoms with Gasteiger partial charge in [0.05, 0.1) is 11.8 Å². The van der Waals surface area contributed by atoms with Crippen LogP contribution in [0, 0.1) is 6.92 Å². The number of ether oxygens (including phenoxy) is 3. The van der Waals surface area contributed by atoms with Gasteiger partial charge in [-0.2, -0.15) is 5.10 Å². The summed E-state index contributed by atoms with van der Waals surface area (Å²) in [6.45, 7) is 1.80. The van der Waals surface area contributed by atoms with E-state index >= 15 is 0 Å². The second-order valence-electron chi connectivity index (χ2n) is 7.55. The van der Waals surface area contributed by atoms with Crippen LogP contribution in [0.1, 0.15) is 32.0 Å². The van der Waals surface area contributed by atoms with Gasteiger partial charge in [-0.05, 0) is 55.0 Å². The number of nitrogens with one attached hydrogen (secondary N) is 1. The van der Waals surface area contributed by atoms with E-state index in [-0.39, 0.29) is 6.79 Å². The molecule has 4 aromatic rings. The maximum absolute atomic E-state index is 12.7. The number of carbonyl (C=O) groups is 2. The summed E-state index contributed by atoms with van der Waals surface area (Å²) in [6, 6.07) is 20.8. The first kappa shape index (κ1) is 21.9. The Morgan fingerprint density at radius 1 is 1.00 bits per heavy atom. The van der Waals surface area contributed by atoms with Crippen molar-refractivity contribution in [2.45, 2.75) is 6.92 Å². The van der Waals surface area contributed by atoms with Crippen molar-refractivity contribution in [2.75, 3.05) is 6.79 Å². The molecule has 1 aliphatic rings. The lowest BCUT2D eigenvalue weighted by molar-refractivity contribution is 0.0734. The van der Waals surface area contributed by atoms with Gasteiger partial charge < -0.3 is 18.7 Å². The Kier molecular flexibility index (Phi) is 5.96. The highest BCUT2D eigenvalue weighted by Gasteiger charge is 2.21. The van der Waals surface area contributed by atoms with Crippen molar-refractivity contribution >= 4 is 18.1 Å². The SMILES string of the molecule is Cc1onc(-c2ccccc2)c1C(=O)NN=Cc1ccc(OC(=O)c2ccc3c(c2)OCO3)cc1. The predicted molar refractivity (Wildman–Crippen MR) is 126 cm³/mol. The first-order valence-corrected chi connectivity index (χ1v) is 10.7. The molecule has 9 nitrogen and oxygen atoms in total. The van der Waals surface area contributed by atoms with E-state index in [4.69, 9.17) is 18.7 Å². The van der Waals surface area contributed by atoms with E-state index in [0.29, 0.717) is 45.4 Å². The molecule has 35 heavy (non-hydrogen) atoms. The highest BCUT2D eigenvalue weighted by atomic mass is 16.7. The molecule has 1 amide bonds. The molecule has 0 bridgehead atoms. The van der Waals surface area contributed by atoms with Crippen molar-refractivity contribution in [3.8, 4) is 28.5 Å². The molecule has 0 saturated carbocycles. The first-order valence-electron chi connectivity index (χ1n) is 10.7. The van der Waals surface area contributed by atoms with Gasteiger partial charge in [-0.25, -0.2) is 10.2 Å². The van der Waals surface area contributed by atoms with E-state index in [9.17, 15) is 9.59 Å². The third kappa shape index (κ3) is 4.74. The summed E-state index contributed by atoms with van der Waals surface area (Å²) < 4.78 is 21.2. The summed E-state index contributed by atoms with van der Waals surface area (Å²) in [6.07, 6.45) is 1.48. The fraction of sp³-hybridized carbons (Fsp3) is 0.0769. The molecule has 2 heterocycles. The minimum atomic E-state index is -0.518. The molecule has 0 radical (unpaired) electrons. The normalized spacial score (nSPS) is 12.0. The maximum atomic E-state index is 12.7. The Labute approximate surface area is 199 Å². The summed E-state index contributed by atoms with van der Waals surface area (Å²) >= 11 is 0. The molecule has 3 aromatic carbocycles. The lowest BCUT2D eigenvalue weighted by Gasteiger charge is -2.05. The van der Waals surface area contributed by atoms with Crippen molar-refractivity contribution in [1.82, 2.24) is 10.6 Å². The zero-order chi connectivity index (χ0) is 24.2. The summed E-state index contributed by atoms with van der Waals surface area (Å²) in [7, 11) is 0. The van der Waals surface area contributed by atoms with Crippen molar-refractivity contribution in [1.29, 1.82) is 0 Å². The molecule has 0 aliphatic carbocycles. The number of hydrogen-bond donors (Lipinski definition) is 1. The molecule has 9 heteroatoms. The summed E-state index contributed by atoms with van der Waals surface area (Å²) in [4.78, 5) is 25.1. The minimum Gasteiger partial charge on any atom is -0.454 e. The van der Waals surface area contributed by atoms with Crippen LogP contribution in [-0.2, 0) is 0 Å². The molecule has 0 unspecified atom stereocenters. The Morgan fingerprint density at radius 3 is 2.57 bits per heavy atom. The molecule has 174 valence electrons. The Hall–Kier alpha value is -4.92. The molecule has 0 atom stereocenters. The number of benzene rings is 3. The number of aryl methyl sites for hydroxylation is 1. The first-order chi connectivity index (χ1) is 17.1. The van der Waals surface area contributed by atoms with E-state index in [1.807, 2.05) is 30.3 Å². The van der Waals surface area contributed by atoms with E-state index in [0.717, 1.165) is 5.56 Å². The Morgan fingerprint density at radius 2 is 1.77 bits per heavy atom. The van der Waals surface area contributed by atoms with Crippen LogP contribution in [0.5, 0.6) is 17.2 Å². The number of fused-ring (bicyclic) bond motifs is 1. The lowest BCUT2D eigenvalue weighted by atomic mass is 10.1. The Balaban J connectivity index is 1.21. The number of hydrogen-bond acceptors (Lipinski definition) is 8. The zero-order valence-electron chi connectivity index (χ0n) is 18.6. The number of amides is 1. The van der Waals surface area contributed by atoms with Gasteiger partial charge in [0.1, 0.15) is 22.8 Å². The zero-order valence-corrected chi connectivity index (χ0v) is 18.6. The number of carbonyl (C=O) groups excluding carboxylic acids is 2. The van der Waals surface area contributed by atoms with Crippen molar-refractivity contribution in [2.24, 2.45) is 5.10 Å². The number of aromatic nitrogens is 1. The highest BCUT2D eigenvalue weighted by molar-refractivity contribution is 6.01. The Bertz CT molecular complexity index is 1410. The maximum Gasteiger partial charge on any atom is 0.343 e. The van der Waals surface area contributed by atoms with Gasteiger partial charge in [0, 0.05) is 5.56 Å². The summed E-state index contributed by atoms with van der Waals surface area (Å²) in [5.41, 5.74) is 5.07. The lowest BCUT2D eigenvalue weighted by Crippen LogP contribution is -2.18. The van der Waals surface area contributed by atoms with Crippen LogP contribution < -0.4 is 19.6 Å². The largest absolute Gasteiger partial charge is 0.454 e. The third-order valence-corrected chi connectivity index (χ3v) is 5.22. The van der Waals surface area contributed by atoms with E-state index in [2.05, 4.69) is 15.7 Å². The van der Waals surface area contributed by atoms with Crippen molar-refractivity contribution in [3.05, 3.63) is 95.2 Å². The number of nitrogens with zero attached hydrogens (tertiary/aromatic N) is 2. The van der Waals surface area contributed by atoms with E-state index in [1.54, 1.807) is 49.4 Å². The number of rotatable bonds is 6. The predicted octanol–water partition coefficient (Wildman–Crippen LogP) is 4.36. The van der Waals surface area contributed by atoms with Crippen LogP contribution in [0.2, 0.25) is 0 Å². The third-order valence-electron chi connectivity index (χ3n) is 5.22. The molecular formula is C26H19N3O6. The van der Waals surface area contributed by atoms with E-state index < -0.39 is 11.9 Å². The van der Waals surface area contributed by atoms with Crippen LogP contribution in [-0.4, -0.2) is 30.0 Å². The molecule has 0 fully saturated rings. The van der Waals surface area contributed by atoms with Gasteiger partial charge in [0.15, 0.2) is 11.5 Å². The second-order valence-corrected chi connectivity index (χ2v) is 7.55. The average molecular weight is 469 g/mol. The molecule has 5 rings (SSSR count). The minimum absolute atomic E-state index is 0.129. The summed E-state index contributed by atoms with van der Waals surface area (Å²) in [5, 5.41) is 8.02. The van der Waals surface area contributed by atoms with Gasteiger partial charge in [-0.3, -0.25) is 4.79 Å². The molecule has 0 spiro atoms. The molecule has 1 N–H and O–H groups in total. The van der Waals surface area contributed by atoms with Gasteiger partial charge in [-0.1, -0.05) is 35.5 Å². The topological polar surface area (TPSA) is 112 Å². The van der Waals surface area contributed by atoms with Crippen molar-refractivity contribution < 1.29 is 28.3 Å². The fourth-order valence-electron chi connectivity index (χ4n) is 3.47. The van der Waals surface area contributed by atoms with Crippen LogP contribution in [0.3, 0.4) is 0 Å². The average Bonchev–Trinajstić information content (AvgIpc) is 3.51. The van der Waals surface area contributed by atoms with E-state index in [1.165, 1.54) is 6.21 Å². The van der Waals surface area contributed by atoms with Crippen molar-refractivity contribution in [3.63, 3.8) is 0 Å². The summed E-state index contributed by atoms with van der Waals surface area (Å²) in [5.74, 6) is 0.896. The van der Waals surface area contributed by atoms with Gasteiger partial charge in [0.2, 0.25) is 6.79 Å². The van der Waals surface area contributed by atoms with Crippen LogP contribution >= 0.6 is 0 Å². The number of esters is 1. The molecular weight excluding hydrogens is 450 g/mol. The molecule has 1 aliphatic heterocycles. The van der Waals surface area contributed by atoms with Gasteiger partial charge in [0.25, 0.3) is 5.91 Å². The van der Waals surface area contributed by atoms with Gasteiger partial charge >= 0.3 is 5.97 Å². The number of hydrazone groups is 1. The smallest absolute Gasteiger partial charge is 0.343 e. The molecule has 1 aromatic heterocycles. The van der Waals surface area contributed by atoms with Crippen LogP contribution in [0.25, 0.3) is 11.3 Å². The van der Waals surface area contributed by atoms with Crippen LogP contribution in [0.15, 0.2) is 82.4 Å². The molecule has 0 saturated heterocycles. The van der Waals surface area contributed by atoms with Crippen LogP contribution in [0.4, 0.5) is 0 Å².